The first-order valence-electron chi connectivity index (χ1n) is 8.20. The number of amidine groups is 1. The summed E-state index contributed by atoms with van der Waals surface area (Å²) in [5, 5.41) is 5.64. The van der Waals surface area contributed by atoms with E-state index in [1.165, 1.54) is 18.9 Å². The Morgan fingerprint density at radius 2 is 1.85 bits per heavy atom. The predicted molar refractivity (Wildman–Crippen MR) is 108 cm³/mol. The molecule has 0 fully saturated rings. The standard InChI is InChI=1S/C19H21N3O4S/c1-4-17(23)20-15-11-10-14(26-13-8-6-5-7-9-13)12-16(15)21-18(27-3)22-19(24)25-2/h5-12H,4H2,1-3H3,(H,20,23)(H,21,22,24). The van der Waals surface area contributed by atoms with Crippen molar-refractivity contribution in [2.45, 2.75) is 13.3 Å². The molecule has 0 atom stereocenters. The maximum atomic E-state index is 11.8. The molecule has 2 aromatic rings. The number of carbonyl (C=O) groups is 2. The van der Waals surface area contributed by atoms with Crippen LogP contribution in [0.15, 0.2) is 53.5 Å². The summed E-state index contributed by atoms with van der Waals surface area (Å²) in [7, 11) is 1.27. The van der Waals surface area contributed by atoms with E-state index in [0.29, 0.717) is 34.5 Å². The molecule has 2 aromatic carbocycles. The van der Waals surface area contributed by atoms with Crippen molar-refractivity contribution in [3.05, 3.63) is 48.5 Å². The minimum absolute atomic E-state index is 0.144. The lowest BCUT2D eigenvalue weighted by Gasteiger charge is -2.12. The van der Waals surface area contributed by atoms with Gasteiger partial charge in [-0.15, -0.1) is 0 Å². The largest absolute Gasteiger partial charge is 0.457 e. The van der Waals surface area contributed by atoms with Crippen LogP contribution >= 0.6 is 11.8 Å². The summed E-state index contributed by atoms with van der Waals surface area (Å²) in [5.74, 6) is 1.08. The Morgan fingerprint density at radius 1 is 1.11 bits per heavy atom. The van der Waals surface area contributed by atoms with Crippen molar-refractivity contribution in [3.8, 4) is 11.5 Å². The van der Waals surface area contributed by atoms with Gasteiger partial charge < -0.3 is 14.8 Å². The second-order valence-electron chi connectivity index (χ2n) is 5.23. The van der Waals surface area contributed by atoms with E-state index in [4.69, 9.17) is 4.74 Å². The number of nitrogens with zero attached hydrogens (tertiary/aromatic N) is 1. The fraction of sp³-hybridized carbons (Fsp3) is 0.211. The molecule has 0 heterocycles. The van der Waals surface area contributed by atoms with Gasteiger partial charge in [-0.25, -0.2) is 9.79 Å². The molecule has 0 aliphatic carbocycles. The average molecular weight is 387 g/mol. The topological polar surface area (TPSA) is 89.0 Å². The van der Waals surface area contributed by atoms with E-state index in [1.807, 2.05) is 30.3 Å². The molecule has 0 aromatic heterocycles. The minimum atomic E-state index is -0.626. The number of aliphatic imine (C=N–C) groups is 1. The van der Waals surface area contributed by atoms with Crippen LogP contribution in [0.4, 0.5) is 16.2 Å². The van der Waals surface area contributed by atoms with E-state index < -0.39 is 6.09 Å². The Balaban J connectivity index is 2.37. The zero-order valence-corrected chi connectivity index (χ0v) is 16.1. The van der Waals surface area contributed by atoms with Crippen LogP contribution in [0.1, 0.15) is 13.3 Å². The summed E-state index contributed by atoms with van der Waals surface area (Å²) in [6.07, 6.45) is 1.48. The van der Waals surface area contributed by atoms with Crippen molar-refractivity contribution in [3.63, 3.8) is 0 Å². The summed E-state index contributed by atoms with van der Waals surface area (Å²) in [4.78, 5) is 27.7. The van der Waals surface area contributed by atoms with E-state index in [0.717, 1.165) is 0 Å². The number of rotatable bonds is 5. The average Bonchev–Trinajstić information content (AvgIpc) is 2.69. The van der Waals surface area contributed by atoms with E-state index in [9.17, 15) is 9.59 Å². The molecule has 0 unspecified atom stereocenters. The first kappa shape index (κ1) is 20.3. The Kier molecular flexibility index (Phi) is 7.69. The molecule has 2 N–H and O–H groups in total. The quantitative estimate of drug-likeness (QED) is 0.581. The van der Waals surface area contributed by atoms with Crippen molar-refractivity contribution in [1.82, 2.24) is 5.32 Å². The van der Waals surface area contributed by atoms with Crippen LogP contribution in [0.25, 0.3) is 0 Å². The third-order valence-electron chi connectivity index (χ3n) is 3.35. The molecule has 0 aliphatic rings. The van der Waals surface area contributed by atoms with Crippen LogP contribution in [0.2, 0.25) is 0 Å². The van der Waals surface area contributed by atoms with Crippen molar-refractivity contribution in [2.75, 3.05) is 18.7 Å². The number of alkyl carbamates (subject to hydrolysis) is 1. The smallest absolute Gasteiger partial charge is 0.412 e. The van der Waals surface area contributed by atoms with Crippen LogP contribution < -0.4 is 15.4 Å². The van der Waals surface area contributed by atoms with Gasteiger partial charge in [-0.3, -0.25) is 10.1 Å². The van der Waals surface area contributed by atoms with Crippen molar-refractivity contribution in [1.29, 1.82) is 0 Å². The highest BCUT2D eigenvalue weighted by atomic mass is 32.2. The summed E-state index contributed by atoms with van der Waals surface area (Å²) in [5.41, 5.74) is 0.964. The van der Waals surface area contributed by atoms with Gasteiger partial charge in [0.1, 0.15) is 11.5 Å². The van der Waals surface area contributed by atoms with Gasteiger partial charge in [-0.05, 0) is 30.5 Å². The molecule has 27 heavy (non-hydrogen) atoms. The number of para-hydroxylation sites is 1. The van der Waals surface area contributed by atoms with E-state index >= 15 is 0 Å². The number of benzene rings is 2. The van der Waals surface area contributed by atoms with Gasteiger partial charge in [0, 0.05) is 12.5 Å². The molecule has 2 rings (SSSR count). The SMILES string of the molecule is CCC(=O)Nc1ccc(Oc2ccccc2)cc1N=C(NC(=O)OC)SC. The van der Waals surface area contributed by atoms with Crippen molar-refractivity contribution >= 4 is 40.3 Å². The molecule has 0 radical (unpaired) electrons. The molecule has 0 bridgehead atoms. The number of carbonyl (C=O) groups excluding carboxylic acids is 2. The highest BCUT2D eigenvalue weighted by Crippen LogP contribution is 2.33. The van der Waals surface area contributed by atoms with Crippen LogP contribution in [0, 0.1) is 0 Å². The number of hydrogen-bond donors (Lipinski definition) is 2. The molecule has 142 valence electrons. The maximum Gasteiger partial charge on any atom is 0.412 e. The van der Waals surface area contributed by atoms with Crippen molar-refractivity contribution in [2.24, 2.45) is 4.99 Å². The lowest BCUT2D eigenvalue weighted by molar-refractivity contribution is -0.115. The van der Waals surface area contributed by atoms with Crippen molar-refractivity contribution < 1.29 is 19.1 Å². The maximum absolute atomic E-state index is 11.8. The van der Waals surface area contributed by atoms with Crippen LogP contribution in [0.3, 0.4) is 0 Å². The molecule has 2 amide bonds. The van der Waals surface area contributed by atoms with Crippen LogP contribution in [-0.4, -0.2) is 30.5 Å². The zero-order chi connectivity index (χ0) is 19.6. The Morgan fingerprint density at radius 3 is 2.48 bits per heavy atom. The zero-order valence-electron chi connectivity index (χ0n) is 15.3. The number of thioether (sulfide) groups is 1. The first-order valence-corrected chi connectivity index (χ1v) is 9.42. The van der Waals surface area contributed by atoms with Gasteiger partial charge in [0.05, 0.1) is 18.5 Å². The van der Waals surface area contributed by atoms with Crippen LogP contribution in [-0.2, 0) is 9.53 Å². The highest BCUT2D eigenvalue weighted by Gasteiger charge is 2.11. The molecule has 0 spiro atoms. The van der Waals surface area contributed by atoms with Gasteiger partial charge in [0.15, 0.2) is 5.17 Å². The van der Waals surface area contributed by atoms with Gasteiger partial charge in [-0.1, -0.05) is 36.9 Å². The van der Waals surface area contributed by atoms with Gasteiger partial charge >= 0.3 is 6.09 Å². The van der Waals surface area contributed by atoms with Gasteiger partial charge in [-0.2, -0.15) is 0 Å². The summed E-state index contributed by atoms with van der Waals surface area (Å²) in [6, 6.07) is 14.4. The van der Waals surface area contributed by atoms with E-state index in [1.54, 1.807) is 31.4 Å². The van der Waals surface area contributed by atoms with Gasteiger partial charge in [0.2, 0.25) is 5.91 Å². The third kappa shape index (κ3) is 6.34. The second-order valence-corrected chi connectivity index (χ2v) is 6.03. The van der Waals surface area contributed by atoms with Gasteiger partial charge in [0.25, 0.3) is 0 Å². The fourth-order valence-electron chi connectivity index (χ4n) is 2.01. The molecule has 0 saturated heterocycles. The monoisotopic (exact) mass is 387 g/mol. The molecule has 7 nitrogen and oxygen atoms in total. The first-order chi connectivity index (χ1) is 13.0. The summed E-state index contributed by atoms with van der Waals surface area (Å²) in [6.45, 7) is 1.76. The number of methoxy groups -OCH3 is 1. The summed E-state index contributed by atoms with van der Waals surface area (Å²) >= 11 is 1.24. The highest BCUT2D eigenvalue weighted by molar-refractivity contribution is 8.13. The second kappa shape index (κ2) is 10.2. The Hall–Kier alpha value is -3.00. The number of ether oxygens (including phenoxy) is 2. The molecular formula is C19H21N3O4S. The Bertz CT molecular complexity index is 825. The number of nitrogens with one attached hydrogen (secondary N) is 2. The normalized spacial score (nSPS) is 10.9. The van der Waals surface area contributed by atoms with Crippen LogP contribution in [0.5, 0.6) is 11.5 Å². The third-order valence-corrected chi connectivity index (χ3v) is 3.93. The van der Waals surface area contributed by atoms with E-state index in [-0.39, 0.29) is 5.91 Å². The molecule has 0 saturated carbocycles. The predicted octanol–water partition coefficient (Wildman–Crippen LogP) is 4.53. The number of anilines is 1. The lowest BCUT2D eigenvalue weighted by Crippen LogP contribution is -2.27. The fourth-order valence-corrected chi connectivity index (χ4v) is 2.38. The molecule has 0 aliphatic heterocycles. The number of hydrogen-bond acceptors (Lipinski definition) is 6. The number of amides is 2. The summed E-state index contributed by atoms with van der Waals surface area (Å²) < 4.78 is 10.4. The van der Waals surface area contributed by atoms with E-state index in [2.05, 4.69) is 20.4 Å². The Labute approximate surface area is 162 Å². The molecular weight excluding hydrogens is 366 g/mol. The lowest BCUT2D eigenvalue weighted by atomic mass is 10.2. The molecule has 8 heteroatoms. The minimum Gasteiger partial charge on any atom is -0.457 e.